The number of nitrogens with zero attached hydrogens (tertiary/aromatic N) is 7. The highest BCUT2D eigenvalue weighted by Gasteiger charge is 2.31. The molecule has 2 aromatic heterocycles. The van der Waals surface area contributed by atoms with Crippen molar-refractivity contribution in [1.82, 2.24) is 34.8 Å². The fourth-order valence-electron chi connectivity index (χ4n) is 4.90. The summed E-state index contributed by atoms with van der Waals surface area (Å²) in [5.74, 6) is 0.796. The number of rotatable bonds is 5. The van der Waals surface area contributed by atoms with Crippen LogP contribution in [0.4, 0.5) is 10.7 Å². The minimum Gasteiger partial charge on any atom is -0.445 e. The third kappa shape index (κ3) is 4.92. The van der Waals surface area contributed by atoms with Crippen LogP contribution in [-0.4, -0.2) is 86.5 Å². The molecule has 0 bridgehead atoms. The average molecular weight is 528 g/mol. The van der Waals surface area contributed by atoms with Gasteiger partial charge in [-0.25, -0.2) is 14.8 Å². The van der Waals surface area contributed by atoms with Gasteiger partial charge >= 0.3 is 6.09 Å². The number of nitrogens with one attached hydrogen (secondary N) is 2. The van der Waals surface area contributed by atoms with Gasteiger partial charge in [-0.15, -0.1) is 5.10 Å². The molecule has 2 aromatic carbocycles. The summed E-state index contributed by atoms with van der Waals surface area (Å²) in [6.07, 6.45) is -0.487. The van der Waals surface area contributed by atoms with Crippen LogP contribution in [0.3, 0.4) is 0 Å². The summed E-state index contributed by atoms with van der Waals surface area (Å²) < 4.78 is 7.14. The van der Waals surface area contributed by atoms with E-state index in [9.17, 15) is 9.59 Å². The molecule has 0 aliphatic carbocycles. The SMILES string of the molecule is CC1CN(C)N=C1c1nc2c3ccccc3nc(N[C@@H]3CN(C(=O)OCc4ccccc4)CCNC3=O)n2n1. The van der Waals surface area contributed by atoms with Gasteiger partial charge in [0, 0.05) is 38.0 Å². The lowest BCUT2D eigenvalue weighted by Gasteiger charge is -2.23. The zero-order valence-corrected chi connectivity index (χ0v) is 21.7. The standard InChI is InChI=1S/C27H29N9O3/c1-17-14-34(2)32-22(17)23-31-24-19-10-6-7-11-20(19)29-26(36(24)33-23)30-21-15-35(13-12-28-25(21)37)27(38)39-16-18-8-4-3-5-9-18/h3-11,17,21H,12-16H2,1-2H3,(H,28,37)(H,29,30)/t17?,21-/m1/s1. The molecule has 2 aliphatic rings. The molecule has 12 nitrogen and oxygen atoms in total. The molecule has 0 spiro atoms. The van der Waals surface area contributed by atoms with E-state index in [-0.39, 0.29) is 25.0 Å². The first-order chi connectivity index (χ1) is 19.0. The maximum Gasteiger partial charge on any atom is 0.410 e. The number of para-hydroxylation sites is 1. The Hall–Kier alpha value is -4.74. The average Bonchev–Trinajstić information content (AvgIpc) is 3.48. The molecule has 2 atom stereocenters. The molecule has 12 heteroatoms. The molecule has 4 heterocycles. The Bertz CT molecular complexity index is 1570. The quantitative estimate of drug-likeness (QED) is 0.404. The maximum atomic E-state index is 13.0. The molecule has 0 radical (unpaired) electrons. The zero-order valence-electron chi connectivity index (χ0n) is 21.7. The third-order valence-electron chi connectivity index (χ3n) is 6.86. The van der Waals surface area contributed by atoms with E-state index in [2.05, 4.69) is 22.7 Å². The van der Waals surface area contributed by atoms with E-state index >= 15 is 0 Å². The first-order valence-electron chi connectivity index (χ1n) is 12.9. The smallest absolute Gasteiger partial charge is 0.410 e. The van der Waals surface area contributed by atoms with Crippen molar-refractivity contribution in [3.8, 4) is 0 Å². The van der Waals surface area contributed by atoms with Crippen LogP contribution in [0, 0.1) is 5.92 Å². The summed E-state index contributed by atoms with van der Waals surface area (Å²) >= 11 is 0. The van der Waals surface area contributed by atoms with Crippen LogP contribution in [-0.2, 0) is 16.1 Å². The number of ether oxygens (including phenoxy) is 1. The molecule has 2 amide bonds. The molecule has 39 heavy (non-hydrogen) atoms. The molecule has 1 unspecified atom stereocenters. The van der Waals surface area contributed by atoms with E-state index in [1.165, 1.54) is 4.90 Å². The largest absolute Gasteiger partial charge is 0.445 e. The Morgan fingerprint density at radius 3 is 2.69 bits per heavy atom. The predicted octanol–water partition coefficient (Wildman–Crippen LogP) is 2.11. The van der Waals surface area contributed by atoms with Gasteiger partial charge in [0.2, 0.25) is 11.9 Å². The van der Waals surface area contributed by atoms with Gasteiger partial charge in [-0.2, -0.15) is 9.62 Å². The maximum absolute atomic E-state index is 13.0. The first kappa shape index (κ1) is 24.6. The van der Waals surface area contributed by atoms with Crippen molar-refractivity contribution in [2.75, 3.05) is 38.5 Å². The number of carbonyl (C=O) groups excluding carboxylic acids is 2. The number of fused-ring (bicyclic) bond motifs is 3. The second kappa shape index (κ2) is 10.2. The molecular weight excluding hydrogens is 498 g/mol. The summed E-state index contributed by atoms with van der Waals surface area (Å²) in [5, 5.41) is 18.2. The van der Waals surface area contributed by atoms with Gasteiger partial charge in [0.05, 0.1) is 12.1 Å². The summed E-state index contributed by atoms with van der Waals surface area (Å²) in [7, 11) is 1.92. The van der Waals surface area contributed by atoms with E-state index in [1.54, 1.807) is 4.52 Å². The Morgan fingerprint density at radius 1 is 1.10 bits per heavy atom. The number of aromatic nitrogens is 4. The number of carbonyl (C=O) groups is 2. The van der Waals surface area contributed by atoms with E-state index in [4.69, 9.17) is 19.8 Å². The van der Waals surface area contributed by atoms with Gasteiger partial charge in [0.1, 0.15) is 18.4 Å². The molecule has 4 aromatic rings. The fraction of sp³-hybridized carbons (Fsp3) is 0.333. The Kier molecular flexibility index (Phi) is 6.43. The lowest BCUT2D eigenvalue weighted by molar-refractivity contribution is -0.121. The lowest BCUT2D eigenvalue weighted by atomic mass is 10.1. The molecule has 200 valence electrons. The minimum atomic E-state index is -0.782. The number of benzene rings is 2. The number of anilines is 1. The van der Waals surface area contributed by atoms with Crippen molar-refractivity contribution in [1.29, 1.82) is 0 Å². The van der Waals surface area contributed by atoms with Crippen LogP contribution in [0.25, 0.3) is 16.6 Å². The zero-order chi connectivity index (χ0) is 26.9. The van der Waals surface area contributed by atoms with Crippen molar-refractivity contribution in [3.63, 3.8) is 0 Å². The molecule has 6 rings (SSSR count). The predicted molar refractivity (Wildman–Crippen MR) is 145 cm³/mol. The van der Waals surface area contributed by atoms with Crippen LogP contribution in [0.5, 0.6) is 0 Å². The summed E-state index contributed by atoms with van der Waals surface area (Å²) in [5.41, 5.74) is 3.01. The Labute approximate surface area is 224 Å². The molecule has 0 saturated carbocycles. The second-order valence-electron chi connectivity index (χ2n) is 9.82. The monoisotopic (exact) mass is 527 g/mol. The van der Waals surface area contributed by atoms with E-state index in [1.807, 2.05) is 66.7 Å². The molecule has 2 N–H and O–H groups in total. The molecular formula is C27H29N9O3. The van der Waals surface area contributed by atoms with Crippen LogP contribution in [0.15, 0.2) is 59.7 Å². The van der Waals surface area contributed by atoms with Gasteiger partial charge in [-0.05, 0) is 17.7 Å². The first-order valence-corrected chi connectivity index (χ1v) is 12.9. The van der Waals surface area contributed by atoms with Crippen molar-refractivity contribution in [2.45, 2.75) is 19.6 Å². The number of hydrogen-bond acceptors (Lipinski definition) is 9. The summed E-state index contributed by atoms with van der Waals surface area (Å²) in [4.78, 5) is 37.0. The van der Waals surface area contributed by atoms with Crippen LogP contribution in [0.2, 0.25) is 0 Å². The van der Waals surface area contributed by atoms with Gasteiger partial charge in [0.25, 0.3) is 0 Å². The topological polar surface area (TPSA) is 129 Å². The number of hydrazone groups is 1. The summed E-state index contributed by atoms with van der Waals surface area (Å²) in [6, 6.07) is 16.3. The van der Waals surface area contributed by atoms with Crippen molar-refractivity contribution < 1.29 is 14.3 Å². The van der Waals surface area contributed by atoms with E-state index < -0.39 is 12.1 Å². The van der Waals surface area contributed by atoms with Crippen molar-refractivity contribution in [2.24, 2.45) is 11.0 Å². The van der Waals surface area contributed by atoms with Crippen molar-refractivity contribution >= 4 is 40.2 Å². The Morgan fingerprint density at radius 2 is 1.90 bits per heavy atom. The molecule has 1 fully saturated rings. The van der Waals surface area contributed by atoms with Crippen molar-refractivity contribution in [3.05, 3.63) is 66.0 Å². The minimum absolute atomic E-state index is 0.103. The number of hydrogen-bond donors (Lipinski definition) is 2. The summed E-state index contributed by atoms with van der Waals surface area (Å²) in [6.45, 7) is 3.78. The van der Waals surface area contributed by atoms with Gasteiger partial charge < -0.3 is 20.3 Å². The normalized spacial score (nSPS) is 19.6. The highest BCUT2D eigenvalue weighted by molar-refractivity contribution is 6.02. The highest BCUT2D eigenvalue weighted by atomic mass is 16.6. The Balaban J connectivity index is 1.30. The van der Waals surface area contributed by atoms with E-state index in [0.29, 0.717) is 36.0 Å². The number of amides is 2. The van der Waals surface area contributed by atoms with Gasteiger partial charge in [0.15, 0.2) is 11.5 Å². The molecule has 1 saturated heterocycles. The highest BCUT2D eigenvalue weighted by Crippen LogP contribution is 2.24. The fourth-order valence-corrected chi connectivity index (χ4v) is 4.90. The van der Waals surface area contributed by atoms with E-state index in [0.717, 1.165) is 23.2 Å². The van der Waals surface area contributed by atoms with Gasteiger partial charge in [-0.1, -0.05) is 49.4 Å². The van der Waals surface area contributed by atoms with Crippen LogP contribution < -0.4 is 10.6 Å². The third-order valence-corrected chi connectivity index (χ3v) is 6.86. The molecule has 2 aliphatic heterocycles. The van der Waals surface area contributed by atoms with Gasteiger partial charge in [-0.3, -0.25) is 9.80 Å². The second-order valence-corrected chi connectivity index (χ2v) is 9.82. The lowest BCUT2D eigenvalue weighted by Crippen LogP contribution is -2.44. The van der Waals surface area contributed by atoms with Crippen LogP contribution in [0.1, 0.15) is 18.3 Å². The van der Waals surface area contributed by atoms with Crippen LogP contribution >= 0.6 is 0 Å².